The maximum atomic E-state index is 10.2. The highest BCUT2D eigenvalue weighted by atomic mass is 16.3. The summed E-state index contributed by atoms with van der Waals surface area (Å²) in [5.41, 5.74) is -0.218. The van der Waals surface area contributed by atoms with Crippen LogP contribution in [0.4, 0.5) is 0 Å². The highest BCUT2D eigenvalue weighted by molar-refractivity contribution is 4.94. The Morgan fingerprint density at radius 2 is 1.42 bits per heavy atom. The van der Waals surface area contributed by atoms with Crippen LogP contribution in [-0.2, 0) is 0 Å². The average molecular weight is 168 g/mol. The van der Waals surface area contributed by atoms with Crippen molar-refractivity contribution in [2.45, 2.75) is 63.4 Å². The van der Waals surface area contributed by atoms with Crippen molar-refractivity contribution >= 4 is 0 Å². The van der Waals surface area contributed by atoms with Gasteiger partial charge in [0, 0.05) is 0 Å². The van der Waals surface area contributed by atoms with Gasteiger partial charge in [0.15, 0.2) is 0 Å². The quantitative estimate of drug-likeness (QED) is 0.597. The summed E-state index contributed by atoms with van der Waals surface area (Å²) >= 11 is 0. The molecule has 2 saturated carbocycles. The molecule has 0 bridgehead atoms. The SMILES string of the molecule is OC1(C2CCCCCC2)CCC1. The van der Waals surface area contributed by atoms with Crippen LogP contribution in [0.1, 0.15) is 57.8 Å². The van der Waals surface area contributed by atoms with E-state index in [0.29, 0.717) is 5.92 Å². The molecule has 70 valence electrons. The highest BCUT2D eigenvalue weighted by Crippen LogP contribution is 2.43. The number of aliphatic hydroxyl groups is 1. The van der Waals surface area contributed by atoms with Gasteiger partial charge in [0.1, 0.15) is 0 Å². The van der Waals surface area contributed by atoms with E-state index >= 15 is 0 Å². The smallest absolute Gasteiger partial charge is 0.0675 e. The average Bonchev–Trinajstić information content (AvgIpc) is 2.27. The lowest BCUT2D eigenvalue weighted by atomic mass is 9.68. The Hall–Kier alpha value is -0.0400. The molecule has 2 aliphatic carbocycles. The predicted octanol–water partition coefficient (Wildman–Crippen LogP) is 2.87. The molecule has 0 aromatic rings. The first-order chi connectivity index (χ1) is 5.81. The molecular weight excluding hydrogens is 148 g/mol. The van der Waals surface area contributed by atoms with Crippen molar-refractivity contribution in [1.29, 1.82) is 0 Å². The maximum Gasteiger partial charge on any atom is 0.0675 e. The van der Waals surface area contributed by atoms with Crippen LogP contribution in [0.5, 0.6) is 0 Å². The third kappa shape index (κ3) is 1.52. The van der Waals surface area contributed by atoms with Crippen LogP contribution < -0.4 is 0 Å². The van der Waals surface area contributed by atoms with E-state index in [2.05, 4.69) is 0 Å². The number of hydrogen-bond acceptors (Lipinski definition) is 1. The van der Waals surface area contributed by atoms with Gasteiger partial charge in [0.25, 0.3) is 0 Å². The van der Waals surface area contributed by atoms with Crippen molar-refractivity contribution in [3.8, 4) is 0 Å². The van der Waals surface area contributed by atoms with Crippen molar-refractivity contribution in [2.75, 3.05) is 0 Å². The van der Waals surface area contributed by atoms with Crippen molar-refractivity contribution < 1.29 is 5.11 Å². The zero-order valence-corrected chi connectivity index (χ0v) is 7.89. The van der Waals surface area contributed by atoms with E-state index in [1.165, 1.54) is 44.9 Å². The molecule has 0 spiro atoms. The van der Waals surface area contributed by atoms with Crippen molar-refractivity contribution in [1.82, 2.24) is 0 Å². The van der Waals surface area contributed by atoms with Gasteiger partial charge in [-0.3, -0.25) is 0 Å². The minimum Gasteiger partial charge on any atom is -0.390 e. The molecule has 0 aromatic heterocycles. The molecule has 0 heterocycles. The van der Waals surface area contributed by atoms with Gasteiger partial charge in [-0.15, -0.1) is 0 Å². The van der Waals surface area contributed by atoms with Crippen LogP contribution in [-0.4, -0.2) is 10.7 Å². The minimum atomic E-state index is -0.218. The summed E-state index contributed by atoms with van der Waals surface area (Å²) < 4.78 is 0. The summed E-state index contributed by atoms with van der Waals surface area (Å²) in [7, 11) is 0. The normalized spacial score (nSPS) is 30.8. The molecule has 0 aromatic carbocycles. The summed E-state index contributed by atoms with van der Waals surface area (Å²) in [6.45, 7) is 0. The first-order valence-corrected chi connectivity index (χ1v) is 5.54. The molecule has 0 amide bonds. The summed E-state index contributed by atoms with van der Waals surface area (Å²) in [5, 5.41) is 10.2. The standard InChI is InChI=1S/C11H20O/c12-11(8-5-9-11)10-6-3-1-2-4-7-10/h10,12H,1-9H2. The van der Waals surface area contributed by atoms with Gasteiger partial charge >= 0.3 is 0 Å². The second kappa shape index (κ2) is 3.37. The summed E-state index contributed by atoms with van der Waals surface area (Å²) in [6, 6.07) is 0. The monoisotopic (exact) mass is 168 g/mol. The third-order valence-electron chi connectivity index (χ3n) is 3.83. The predicted molar refractivity (Wildman–Crippen MR) is 50.0 cm³/mol. The Labute approximate surface area is 75.2 Å². The van der Waals surface area contributed by atoms with Gasteiger partial charge in [0.05, 0.1) is 5.60 Å². The van der Waals surface area contributed by atoms with E-state index in [-0.39, 0.29) is 5.60 Å². The molecule has 0 saturated heterocycles. The first-order valence-electron chi connectivity index (χ1n) is 5.54. The van der Waals surface area contributed by atoms with Crippen molar-refractivity contribution in [3.05, 3.63) is 0 Å². The van der Waals surface area contributed by atoms with Gasteiger partial charge in [0.2, 0.25) is 0 Å². The Morgan fingerprint density at radius 3 is 1.83 bits per heavy atom. The van der Waals surface area contributed by atoms with E-state index < -0.39 is 0 Å². The fourth-order valence-electron chi connectivity index (χ4n) is 2.76. The molecule has 1 N–H and O–H groups in total. The van der Waals surface area contributed by atoms with E-state index in [1.807, 2.05) is 0 Å². The van der Waals surface area contributed by atoms with Gasteiger partial charge < -0.3 is 5.11 Å². The van der Waals surface area contributed by atoms with Crippen LogP contribution in [0.2, 0.25) is 0 Å². The van der Waals surface area contributed by atoms with E-state index in [4.69, 9.17) is 0 Å². The molecule has 0 aliphatic heterocycles. The molecule has 1 heteroatoms. The van der Waals surface area contributed by atoms with Gasteiger partial charge in [-0.1, -0.05) is 25.7 Å². The zero-order valence-electron chi connectivity index (χ0n) is 7.89. The lowest BCUT2D eigenvalue weighted by molar-refractivity contribution is -0.0879. The highest BCUT2D eigenvalue weighted by Gasteiger charge is 2.41. The molecule has 2 rings (SSSR count). The Morgan fingerprint density at radius 1 is 0.833 bits per heavy atom. The number of hydrogen-bond donors (Lipinski definition) is 1. The van der Waals surface area contributed by atoms with Crippen molar-refractivity contribution in [3.63, 3.8) is 0 Å². The maximum absolute atomic E-state index is 10.2. The second-order valence-electron chi connectivity index (χ2n) is 4.65. The fourth-order valence-corrected chi connectivity index (χ4v) is 2.76. The minimum absolute atomic E-state index is 0.218. The fraction of sp³-hybridized carbons (Fsp3) is 1.00. The Bertz CT molecular complexity index is 141. The van der Waals surface area contributed by atoms with Crippen LogP contribution in [0.15, 0.2) is 0 Å². The molecule has 0 unspecified atom stereocenters. The van der Waals surface area contributed by atoms with Gasteiger partial charge in [-0.05, 0) is 38.0 Å². The van der Waals surface area contributed by atoms with Gasteiger partial charge in [-0.2, -0.15) is 0 Å². The van der Waals surface area contributed by atoms with E-state index in [0.717, 1.165) is 12.8 Å². The Balaban J connectivity index is 1.91. The van der Waals surface area contributed by atoms with E-state index in [9.17, 15) is 5.11 Å². The zero-order chi connectivity index (χ0) is 8.44. The van der Waals surface area contributed by atoms with Crippen LogP contribution in [0, 0.1) is 5.92 Å². The van der Waals surface area contributed by atoms with Crippen LogP contribution >= 0.6 is 0 Å². The molecule has 0 radical (unpaired) electrons. The molecule has 2 aliphatic rings. The Kier molecular flexibility index (Phi) is 2.40. The molecule has 12 heavy (non-hydrogen) atoms. The lowest BCUT2D eigenvalue weighted by Gasteiger charge is -2.43. The van der Waals surface area contributed by atoms with E-state index in [1.54, 1.807) is 0 Å². The van der Waals surface area contributed by atoms with Crippen LogP contribution in [0.3, 0.4) is 0 Å². The van der Waals surface area contributed by atoms with Crippen LogP contribution in [0.25, 0.3) is 0 Å². The molecular formula is C11H20O. The first kappa shape index (κ1) is 8.55. The van der Waals surface area contributed by atoms with Gasteiger partial charge in [-0.25, -0.2) is 0 Å². The lowest BCUT2D eigenvalue weighted by Crippen LogP contribution is -2.44. The topological polar surface area (TPSA) is 20.2 Å². The summed E-state index contributed by atoms with van der Waals surface area (Å²) in [5.74, 6) is 0.647. The largest absolute Gasteiger partial charge is 0.390 e. The van der Waals surface area contributed by atoms with Crippen molar-refractivity contribution in [2.24, 2.45) is 5.92 Å². The molecule has 0 atom stereocenters. The third-order valence-corrected chi connectivity index (χ3v) is 3.83. The molecule has 2 fully saturated rings. The summed E-state index contributed by atoms with van der Waals surface area (Å²) in [6.07, 6.45) is 11.5. The summed E-state index contributed by atoms with van der Waals surface area (Å²) in [4.78, 5) is 0. The number of rotatable bonds is 1. The molecule has 1 nitrogen and oxygen atoms in total. The second-order valence-corrected chi connectivity index (χ2v) is 4.65.